The Hall–Kier alpha value is -2.08. The maximum atomic E-state index is 13.7. The molecule has 0 spiro atoms. The number of rotatable bonds is 10. The average molecular weight is 399 g/mol. The maximum absolute atomic E-state index is 13.7. The van der Waals surface area contributed by atoms with Crippen molar-refractivity contribution in [2.45, 2.75) is 44.7 Å². The van der Waals surface area contributed by atoms with Crippen LogP contribution in [0.3, 0.4) is 0 Å². The summed E-state index contributed by atoms with van der Waals surface area (Å²) in [5, 5.41) is 31.7. The van der Waals surface area contributed by atoms with Crippen LogP contribution in [0.25, 0.3) is 0 Å². The number of unbranched alkanes of at least 4 members (excludes halogenated alkanes) is 1. The number of hydrogen-bond acceptors (Lipinski definition) is 7. The van der Waals surface area contributed by atoms with E-state index in [4.69, 9.17) is 27.4 Å². The van der Waals surface area contributed by atoms with Crippen molar-refractivity contribution in [3.63, 3.8) is 0 Å². The van der Waals surface area contributed by atoms with E-state index in [0.29, 0.717) is 30.7 Å². The van der Waals surface area contributed by atoms with Crippen LogP contribution in [0.2, 0.25) is 11.3 Å². The summed E-state index contributed by atoms with van der Waals surface area (Å²) in [5.74, 6) is -0.540. The molecule has 1 aromatic carbocycles. The van der Waals surface area contributed by atoms with Gasteiger partial charge in [0, 0.05) is 17.1 Å². The van der Waals surface area contributed by atoms with Crippen LogP contribution in [0.15, 0.2) is 18.2 Å². The highest BCUT2D eigenvalue weighted by molar-refractivity contribution is 6.40. The van der Waals surface area contributed by atoms with Gasteiger partial charge in [-0.1, -0.05) is 30.5 Å². The van der Waals surface area contributed by atoms with Crippen molar-refractivity contribution < 1.29 is 19.2 Å². The normalized spacial score (nSPS) is 12.0. The lowest BCUT2D eigenvalue weighted by Crippen LogP contribution is -2.30. The van der Waals surface area contributed by atoms with E-state index in [1.54, 1.807) is 6.07 Å². The summed E-state index contributed by atoms with van der Waals surface area (Å²) in [6.45, 7) is -0.143. The zero-order valence-electron chi connectivity index (χ0n) is 14.6. The van der Waals surface area contributed by atoms with E-state index in [2.05, 4.69) is 20.8 Å². The van der Waals surface area contributed by atoms with Gasteiger partial charge in [0.2, 0.25) is 5.91 Å². The van der Waals surface area contributed by atoms with Gasteiger partial charge in [0.15, 0.2) is 5.82 Å². The second kappa shape index (κ2) is 10.3. The van der Waals surface area contributed by atoms with E-state index in [9.17, 15) is 9.18 Å². The average Bonchev–Trinajstić information content (AvgIpc) is 3.05. The third kappa shape index (κ3) is 6.87. The zero-order valence-corrected chi connectivity index (χ0v) is 15.3. The highest BCUT2D eigenvalue weighted by atomic mass is 35.5. The Bertz CT molecular complexity index is 763. The van der Waals surface area contributed by atoms with Crippen LogP contribution >= 0.6 is 11.6 Å². The van der Waals surface area contributed by atoms with E-state index in [0.717, 1.165) is 0 Å². The molecule has 0 saturated heterocycles. The van der Waals surface area contributed by atoms with Crippen molar-refractivity contribution in [3.05, 3.63) is 40.4 Å². The van der Waals surface area contributed by atoms with Crippen molar-refractivity contribution in [2.24, 2.45) is 5.73 Å². The van der Waals surface area contributed by atoms with Gasteiger partial charge in [-0.3, -0.25) is 4.79 Å². The Kier molecular flexibility index (Phi) is 8.10. The second-order valence-electron chi connectivity index (χ2n) is 6.08. The lowest BCUT2D eigenvalue weighted by Gasteiger charge is -2.12. The van der Waals surface area contributed by atoms with Crippen LogP contribution in [-0.2, 0) is 17.9 Å². The minimum atomic E-state index is -1.33. The Morgan fingerprint density at radius 2 is 2.19 bits per heavy atom. The predicted octanol–water partition coefficient (Wildman–Crippen LogP) is 0.425. The number of carbonyl (C=O) groups excluding carboxylic acids is 1. The van der Waals surface area contributed by atoms with Crippen LogP contribution < -0.4 is 11.1 Å². The van der Waals surface area contributed by atoms with E-state index in [1.807, 2.05) is 0 Å². The first kappa shape index (κ1) is 21.2. The number of hydrogen-bond donors (Lipinski definition) is 4. The van der Waals surface area contributed by atoms with Crippen molar-refractivity contribution >= 4 is 24.6 Å². The number of aromatic nitrogens is 4. The van der Waals surface area contributed by atoms with Crippen molar-refractivity contribution in [1.29, 1.82) is 0 Å². The fourth-order valence-corrected chi connectivity index (χ4v) is 2.62. The summed E-state index contributed by atoms with van der Waals surface area (Å²) >= 11 is 5.69. The quantitative estimate of drug-likeness (QED) is 0.336. The standard InChI is InChI=1S/C15H21BClFN6O3/c17-11-5-4-10(12(18)7-11)8-20-14(25)9-24-15(21-22-23-24)13(19)3-1-2-6-16(26)27/h4-5,7,13,26-27H,1-3,6,8-9,19H2,(H,20,25). The molecule has 12 heteroatoms. The van der Waals surface area contributed by atoms with E-state index in [1.165, 1.54) is 16.8 Å². The van der Waals surface area contributed by atoms with Crippen molar-refractivity contribution in [3.8, 4) is 0 Å². The molecule has 0 aliphatic rings. The SMILES string of the molecule is NC(CCCCB(O)O)c1nnnn1CC(=O)NCc1ccc(Cl)cc1F. The first-order valence-corrected chi connectivity index (χ1v) is 8.83. The van der Waals surface area contributed by atoms with Gasteiger partial charge in [0.25, 0.3) is 0 Å². The van der Waals surface area contributed by atoms with Crippen LogP contribution in [0.4, 0.5) is 4.39 Å². The molecule has 146 valence electrons. The fraction of sp³-hybridized carbons (Fsp3) is 0.467. The number of benzene rings is 1. The first-order valence-electron chi connectivity index (χ1n) is 8.45. The van der Waals surface area contributed by atoms with Gasteiger partial charge in [0.1, 0.15) is 12.4 Å². The minimum Gasteiger partial charge on any atom is -0.427 e. The van der Waals surface area contributed by atoms with Gasteiger partial charge in [-0.05, 0) is 35.3 Å². The minimum absolute atomic E-state index is 0.00876. The maximum Gasteiger partial charge on any atom is 0.451 e. The molecule has 0 aliphatic heterocycles. The summed E-state index contributed by atoms with van der Waals surface area (Å²) in [5.41, 5.74) is 6.36. The molecule has 9 nitrogen and oxygen atoms in total. The third-order valence-corrected chi connectivity index (χ3v) is 4.14. The summed E-state index contributed by atoms with van der Waals surface area (Å²) in [6.07, 6.45) is 2.06. The van der Waals surface area contributed by atoms with Crippen LogP contribution in [0.5, 0.6) is 0 Å². The van der Waals surface area contributed by atoms with Crippen molar-refractivity contribution in [1.82, 2.24) is 25.5 Å². The Labute approximate surface area is 160 Å². The van der Waals surface area contributed by atoms with Crippen molar-refractivity contribution in [2.75, 3.05) is 0 Å². The molecule has 27 heavy (non-hydrogen) atoms. The number of nitrogens with two attached hydrogens (primary N) is 1. The van der Waals surface area contributed by atoms with Gasteiger partial charge in [0.05, 0.1) is 6.04 Å². The third-order valence-electron chi connectivity index (χ3n) is 3.90. The Morgan fingerprint density at radius 1 is 1.41 bits per heavy atom. The fourth-order valence-electron chi connectivity index (χ4n) is 2.46. The molecule has 5 N–H and O–H groups in total. The Morgan fingerprint density at radius 3 is 2.89 bits per heavy atom. The van der Waals surface area contributed by atoms with E-state index in [-0.39, 0.29) is 24.4 Å². The lowest BCUT2D eigenvalue weighted by molar-refractivity contribution is -0.122. The number of nitrogens with zero attached hydrogens (tertiary/aromatic N) is 4. The number of nitrogens with one attached hydrogen (secondary N) is 1. The molecular weight excluding hydrogens is 377 g/mol. The van der Waals surface area contributed by atoms with Gasteiger partial charge in [-0.25, -0.2) is 9.07 Å². The number of carbonyl (C=O) groups is 1. The topological polar surface area (TPSA) is 139 Å². The summed E-state index contributed by atoms with van der Waals surface area (Å²) in [6, 6.07) is 3.73. The highest BCUT2D eigenvalue weighted by Crippen LogP contribution is 2.16. The summed E-state index contributed by atoms with van der Waals surface area (Å²) in [7, 11) is -1.33. The largest absolute Gasteiger partial charge is 0.451 e. The van der Waals surface area contributed by atoms with Crippen LogP contribution in [0, 0.1) is 5.82 Å². The molecule has 1 amide bonds. The van der Waals surface area contributed by atoms with Gasteiger partial charge < -0.3 is 21.1 Å². The molecule has 0 saturated carbocycles. The number of halogens is 2. The molecule has 1 atom stereocenters. The highest BCUT2D eigenvalue weighted by Gasteiger charge is 2.17. The molecule has 0 fully saturated rings. The molecule has 0 radical (unpaired) electrons. The molecular formula is C15H21BClFN6O3. The molecule has 0 aliphatic carbocycles. The first-order chi connectivity index (χ1) is 12.9. The zero-order chi connectivity index (χ0) is 19.8. The lowest BCUT2D eigenvalue weighted by atomic mass is 9.83. The van der Waals surface area contributed by atoms with Gasteiger partial charge >= 0.3 is 7.12 Å². The summed E-state index contributed by atoms with van der Waals surface area (Å²) in [4.78, 5) is 12.1. The van der Waals surface area contributed by atoms with E-state index >= 15 is 0 Å². The van der Waals surface area contributed by atoms with Crippen LogP contribution in [-0.4, -0.2) is 43.3 Å². The monoisotopic (exact) mass is 398 g/mol. The second-order valence-corrected chi connectivity index (χ2v) is 6.52. The van der Waals surface area contributed by atoms with Gasteiger partial charge in [-0.2, -0.15) is 0 Å². The van der Waals surface area contributed by atoms with Crippen LogP contribution in [0.1, 0.15) is 36.7 Å². The number of amides is 1. The predicted molar refractivity (Wildman–Crippen MR) is 96.9 cm³/mol. The molecule has 1 aromatic heterocycles. The number of tetrazole rings is 1. The molecule has 2 rings (SSSR count). The molecule has 1 unspecified atom stereocenters. The van der Waals surface area contributed by atoms with Gasteiger partial charge in [-0.15, -0.1) is 5.10 Å². The molecule has 0 bridgehead atoms. The molecule has 1 heterocycles. The smallest absolute Gasteiger partial charge is 0.427 e. The van der Waals surface area contributed by atoms with E-state index < -0.39 is 24.9 Å². The summed E-state index contributed by atoms with van der Waals surface area (Å²) < 4.78 is 15.0. The Balaban J connectivity index is 1.84. The molecule has 2 aromatic rings.